The molecule has 0 aliphatic heterocycles. The molecule has 0 fully saturated rings. The average molecular weight is 271 g/mol. The summed E-state index contributed by atoms with van der Waals surface area (Å²) in [5.41, 5.74) is 2.99. The molecule has 0 N–H and O–H groups in total. The molecule has 0 radical (unpaired) electrons. The Morgan fingerprint density at radius 2 is 1.85 bits per heavy atom. The van der Waals surface area contributed by atoms with E-state index in [2.05, 4.69) is 6.07 Å². The van der Waals surface area contributed by atoms with Gasteiger partial charge in [-0.2, -0.15) is 0 Å². The molecule has 106 valence electrons. The fourth-order valence-electron chi connectivity index (χ4n) is 3.01. The van der Waals surface area contributed by atoms with Crippen LogP contribution in [0.15, 0.2) is 24.3 Å². The van der Waals surface area contributed by atoms with Gasteiger partial charge in [0.1, 0.15) is 5.60 Å². The highest BCUT2D eigenvalue weighted by molar-refractivity contribution is 5.94. The quantitative estimate of drug-likeness (QED) is 0.715. The minimum Gasteiger partial charge on any atom is -0.443 e. The number of hydrogen-bond acceptors (Lipinski definition) is 2. The zero-order valence-corrected chi connectivity index (χ0v) is 12.4. The van der Waals surface area contributed by atoms with Crippen LogP contribution in [-0.4, -0.2) is 16.3 Å². The number of hydrogen-bond donors (Lipinski definition) is 0. The van der Waals surface area contributed by atoms with Gasteiger partial charge < -0.3 is 4.74 Å². The summed E-state index contributed by atoms with van der Waals surface area (Å²) >= 11 is 0. The predicted molar refractivity (Wildman–Crippen MR) is 80.2 cm³/mol. The zero-order valence-electron chi connectivity index (χ0n) is 12.4. The molecule has 1 aliphatic rings. The first-order valence-corrected chi connectivity index (χ1v) is 7.32. The first kappa shape index (κ1) is 13.2. The van der Waals surface area contributed by atoms with Gasteiger partial charge in [0.15, 0.2) is 0 Å². The van der Waals surface area contributed by atoms with Gasteiger partial charge in [-0.25, -0.2) is 9.36 Å². The topological polar surface area (TPSA) is 31.2 Å². The van der Waals surface area contributed by atoms with Crippen molar-refractivity contribution in [3.63, 3.8) is 0 Å². The molecule has 3 rings (SSSR count). The van der Waals surface area contributed by atoms with E-state index in [-0.39, 0.29) is 6.09 Å². The van der Waals surface area contributed by atoms with Crippen LogP contribution in [0, 0.1) is 0 Å². The third kappa shape index (κ3) is 2.21. The van der Waals surface area contributed by atoms with Crippen LogP contribution in [0.5, 0.6) is 0 Å². The maximum Gasteiger partial charge on any atom is 0.419 e. The molecule has 0 bridgehead atoms. The zero-order chi connectivity index (χ0) is 14.3. The number of benzene rings is 1. The molecule has 1 aromatic heterocycles. The second-order valence-electron chi connectivity index (χ2n) is 6.47. The van der Waals surface area contributed by atoms with E-state index in [4.69, 9.17) is 4.74 Å². The molecule has 20 heavy (non-hydrogen) atoms. The molecule has 1 aromatic carbocycles. The molecular formula is C17H21NO2. The Morgan fingerprint density at radius 1 is 1.15 bits per heavy atom. The van der Waals surface area contributed by atoms with E-state index < -0.39 is 5.60 Å². The summed E-state index contributed by atoms with van der Waals surface area (Å²) < 4.78 is 7.37. The molecule has 0 unspecified atom stereocenters. The number of aryl methyl sites for hydroxylation is 1. The second kappa shape index (κ2) is 4.65. The minimum absolute atomic E-state index is 0.253. The van der Waals surface area contributed by atoms with Crippen LogP contribution in [0.3, 0.4) is 0 Å². The highest BCUT2D eigenvalue weighted by Crippen LogP contribution is 2.32. The summed E-state index contributed by atoms with van der Waals surface area (Å²) in [5, 5.41) is 1.20. The van der Waals surface area contributed by atoms with Crippen LogP contribution in [0.4, 0.5) is 4.79 Å². The lowest BCUT2D eigenvalue weighted by molar-refractivity contribution is 0.0539. The van der Waals surface area contributed by atoms with E-state index in [1.54, 1.807) is 4.57 Å². The van der Waals surface area contributed by atoms with Gasteiger partial charge in [0.25, 0.3) is 0 Å². The van der Waals surface area contributed by atoms with E-state index >= 15 is 0 Å². The Labute approximate surface area is 119 Å². The van der Waals surface area contributed by atoms with Gasteiger partial charge in [-0.05, 0) is 58.1 Å². The minimum atomic E-state index is -0.468. The van der Waals surface area contributed by atoms with E-state index in [0.29, 0.717) is 0 Å². The largest absolute Gasteiger partial charge is 0.443 e. The molecule has 2 aromatic rings. The number of fused-ring (bicyclic) bond motifs is 3. The van der Waals surface area contributed by atoms with E-state index in [0.717, 1.165) is 30.5 Å². The number of rotatable bonds is 0. The van der Waals surface area contributed by atoms with Crippen LogP contribution in [0.2, 0.25) is 0 Å². The number of ether oxygens (including phenoxy) is 1. The van der Waals surface area contributed by atoms with Gasteiger partial charge in [0.2, 0.25) is 0 Å². The third-order valence-electron chi connectivity index (χ3n) is 3.75. The van der Waals surface area contributed by atoms with Crippen LogP contribution in [-0.2, 0) is 17.6 Å². The van der Waals surface area contributed by atoms with Gasteiger partial charge in [0.05, 0.1) is 5.52 Å². The Morgan fingerprint density at radius 3 is 2.60 bits per heavy atom. The van der Waals surface area contributed by atoms with E-state index in [1.807, 2.05) is 39.0 Å². The molecule has 0 atom stereocenters. The molecule has 0 saturated heterocycles. The lowest BCUT2D eigenvalue weighted by atomic mass is 9.96. The number of carbonyl (C=O) groups is 1. The molecule has 0 saturated carbocycles. The van der Waals surface area contributed by atoms with Crippen molar-refractivity contribution >= 4 is 17.0 Å². The Hall–Kier alpha value is -1.77. The molecule has 0 amide bonds. The maximum absolute atomic E-state index is 12.5. The van der Waals surface area contributed by atoms with Gasteiger partial charge in [-0.15, -0.1) is 0 Å². The van der Waals surface area contributed by atoms with Crippen LogP contribution >= 0.6 is 0 Å². The summed E-state index contributed by atoms with van der Waals surface area (Å²) in [7, 11) is 0. The average Bonchev–Trinajstić information content (AvgIpc) is 2.71. The lowest BCUT2D eigenvalue weighted by Gasteiger charge is -2.22. The number of aromatic nitrogens is 1. The van der Waals surface area contributed by atoms with E-state index in [9.17, 15) is 4.79 Å². The van der Waals surface area contributed by atoms with Gasteiger partial charge in [0, 0.05) is 11.1 Å². The summed E-state index contributed by atoms with van der Waals surface area (Å²) in [4.78, 5) is 12.5. The molecular weight excluding hydrogens is 250 g/mol. The van der Waals surface area contributed by atoms with Crippen LogP contribution < -0.4 is 0 Å². The first-order valence-electron chi connectivity index (χ1n) is 7.32. The predicted octanol–water partition coefficient (Wildman–Crippen LogP) is 4.30. The van der Waals surface area contributed by atoms with Crippen molar-refractivity contribution in [3.05, 3.63) is 35.5 Å². The molecule has 3 nitrogen and oxygen atoms in total. The highest BCUT2D eigenvalue weighted by atomic mass is 16.6. The molecule has 0 spiro atoms. The Bertz CT molecular complexity index is 661. The fourth-order valence-corrected chi connectivity index (χ4v) is 3.01. The monoisotopic (exact) mass is 271 g/mol. The van der Waals surface area contributed by atoms with Crippen molar-refractivity contribution in [2.75, 3.05) is 0 Å². The van der Waals surface area contributed by atoms with Gasteiger partial charge >= 0.3 is 6.09 Å². The smallest absolute Gasteiger partial charge is 0.419 e. The number of nitrogens with zero attached hydrogens (tertiary/aromatic N) is 1. The van der Waals surface area contributed by atoms with Gasteiger partial charge in [-0.3, -0.25) is 0 Å². The summed E-state index contributed by atoms with van der Waals surface area (Å²) in [5.74, 6) is 0. The normalized spacial score (nSPS) is 15.2. The van der Waals surface area contributed by atoms with Crippen LogP contribution in [0.25, 0.3) is 10.9 Å². The molecule has 1 heterocycles. The molecule has 1 aliphatic carbocycles. The summed E-state index contributed by atoms with van der Waals surface area (Å²) in [6.07, 6.45) is 4.12. The molecule has 3 heteroatoms. The first-order chi connectivity index (χ1) is 9.47. The summed E-state index contributed by atoms with van der Waals surface area (Å²) in [6.45, 7) is 5.72. The fraction of sp³-hybridized carbons (Fsp3) is 0.471. The van der Waals surface area contributed by atoms with Crippen molar-refractivity contribution in [1.29, 1.82) is 0 Å². The van der Waals surface area contributed by atoms with Crippen molar-refractivity contribution < 1.29 is 9.53 Å². The van der Waals surface area contributed by atoms with Crippen molar-refractivity contribution in [2.45, 2.75) is 52.1 Å². The standard InChI is InChI=1S/C17H21NO2/c1-17(2,3)20-16(19)18-14-10-6-4-8-12(14)13-9-5-7-11-15(13)18/h4,6,8,10H,5,7,9,11H2,1-3H3. The number of carbonyl (C=O) groups excluding carboxylic acids is 1. The lowest BCUT2D eigenvalue weighted by Crippen LogP contribution is -2.28. The number of para-hydroxylation sites is 1. The third-order valence-corrected chi connectivity index (χ3v) is 3.75. The van der Waals surface area contributed by atoms with Crippen molar-refractivity contribution in [2.24, 2.45) is 0 Å². The van der Waals surface area contributed by atoms with Gasteiger partial charge in [-0.1, -0.05) is 18.2 Å². The maximum atomic E-state index is 12.5. The van der Waals surface area contributed by atoms with E-state index in [1.165, 1.54) is 17.4 Å². The van der Waals surface area contributed by atoms with Crippen molar-refractivity contribution in [3.8, 4) is 0 Å². The van der Waals surface area contributed by atoms with Crippen molar-refractivity contribution in [1.82, 2.24) is 4.57 Å². The Kier molecular flexibility index (Phi) is 3.08. The highest BCUT2D eigenvalue weighted by Gasteiger charge is 2.26. The second-order valence-corrected chi connectivity index (χ2v) is 6.47. The summed E-state index contributed by atoms with van der Waals surface area (Å²) in [6, 6.07) is 8.14. The van der Waals surface area contributed by atoms with Crippen LogP contribution in [0.1, 0.15) is 44.9 Å². The Balaban J connectivity index is 2.17. The SMILES string of the molecule is CC(C)(C)OC(=O)n1c2c(c3ccccc31)CCCC2.